The van der Waals surface area contributed by atoms with Gasteiger partial charge in [0.15, 0.2) is 5.17 Å². The van der Waals surface area contributed by atoms with Crippen molar-refractivity contribution in [1.29, 1.82) is 0 Å². The maximum atomic E-state index is 12.5. The number of hydrogen-bond donors (Lipinski definition) is 1. The molecule has 0 aliphatic carbocycles. The van der Waals surface area contributed by atoms with E-state index in [1.807, 2.05) is 19.1 Å². The Kier molecular flexibility index (Phi) is 6.75. The lowest BCUT2D eigenvalue weighted by molar-refractivity contribution is -0.138. The molecule has 0 fully saturated rings. The zero-order valence-electron chi connectivity index (χ0n) is 15.2. The summed E-state index contributed by atoms with van der Waals surface area (Å²) in [6.07, 6.45) is 0. The number of nitrogens with zero attached hydrogens (tertiary/aromatic N) is 1. The number of esters is 1. The minimum atomic E-state index is -0.491. The van der Waals surface area contributed by atoms with Gasteiger partial charge in [-0.1, -0.05) is 18.7 Å². The van der Waals surface area contributed by atoms with Crippen LogP contribution in [0.15, 0.2) is 34.5 Å². The summed E-state index contributed by atoms with van der Waals surface area (Å²) in [6, 6.07) is 5.01. The average molecular weight is 364 g/mol. The summed E-state index contributed by atoms with van der Waals surface area (Å²) < 4.78 is 16.0. The summed E-state index contributed by atoms with van der Waals surface area (Å²) in [7, 11) is 3.19. The second-order valence-corrected chi connectivity index (χ2v) is 6.51. The van der Waals surface area contributed by atoms with Gasteiger partial charge in [-0.15, -0.1) is 0 Å². The molecule has 1 N–H and O–H groups in total. The standard InChI is InChI=1S/C18H24N2O4S/c1-6-24-17(21)15-11(3)19-18(25-7-2)20-16(15)13-9-8-12(22-4)10-14(13)23-5/h8-10,16H,6-7H2,1-5H3,(H,19,20)/t16-/m1/s1. The maximum absolute atomic E-state index is 12.5. The van der Waals surface area contributed by atoms with Crippen molar-refractivity contribution in [2.75, 3.05) is 26.6 Å². The number of methoxy groups -OCH3 is 2. The smallest absolute Gasteiger partial charge is 0.338 e. The first-order chi connectivity index (χ1) is 12.0. The summed E-state index contributed by atoms with van der Waals surface area (Å²) in [6.45, 7) is 6.01. The zero-order chi connectivity index (χ0) is 18.4. The van der Waals surface area contributed by atoms with Crippen molar-refractivity contribution in [3.05, 3.63) is 35.0 Å². The van der Waals surface area contributed by atoms with Crippen LogP contribution in [0.2, 0.25) is 0 Å². The van der Waals surface area contributed by atoms with Gasteiger partial charge in [0, 0.05) is 17.3 Å². The molecule has 1 aliphatic heterocycles. The van der Waals surface area contributed by atoms with E-state index < -0.39 is 6.04 Å². The first-order valence-corrected chi connectivity index (χ1v) is 9.11. The maximum Gasteiger partial charge on any atom is 0.338 e. The Morgan fingerprint density at radius 1 is 1.28 bits per heavy atom. The largest absolute Gasteiger partial charge is 0.497 e. The van der Waals surface area contributed by atoms with Crippen LogP contribution in [0.25, 0.3) is 0 Å². The van der Waals surface area contributed by atoms with E-state index in [9.17, 15) is 4.79 Å². The lowest BCUT2D eigenvalue weighted by Crippen LogP contribution is -2.30. The van der Waals surface area contributed by atoms with Gasteiger partial charge in [0.05, 0.1) is 26.4 Å². The Hall–Kier alpha value is -2.15. The second-order valence-electron chi connectivity index (χ2n) is 5.26. The Bertz CT molecular complexity index is 700. The summed E-state index contributed by atoms with van der Waals surface area (Å²) in [5.41, 5.74) is 2.03. The molecule has 0 spiro atoms. The number of aliphatic imine (C=N–C) groups is 1. The fraction of sp³-hybridized carbons (Fsp3) is 0.444. The van der Waals surface area contributed by atoms with Crippen molar-refractivity contribution in [2.24, 2.45) is 4.99 Å². The predicted octanol–water partition coefficient (Wildman–Crippen LogP) is 3.29. The van der Waals surface area contributed by atoms with E-state index in [0.717, 1.165) is 22.2 Å². The highest BCUT2D eigenvalue weighted by Gasteiger charge is 2.32. The molecule has 1 aliphatic rings. The van der Waals surface area contributed by atoms with Crippen LogP contribution in [0.4, 0.5) is 0 Å². The van der Waals surface area contributed by atoms with Crippen LogP contribution < -0.4 is 14.8 Å². The third kappa shape index (κ3) is 4.28. The first-order valence-electron chi connectivity index (χ1n) is 8.13. The van der Waals surface area contributed by atoms with Gasteiger partial charge < -0.3 is 19.5 Å². The predicted molar refractivity (Wildman–Crippen MR) is 100 cm³/mol. The number of amidine groups is 1. The molecule has 0 aromatic heterocycles. The fourth-order valence-electron chi connectivity index (χ4n) is 2.60. The van der Waals surface area contributed by atoms with E-state index in [1.165, 1.54) is 0 Å². The molecule has 2 rings (SSSR count). The van der Waals surface area contributed by atoms with Gasteiger partial charge in [-0.05, 0) is 31.7 Å². The molecule has 0 saturated heterocycles. The highest BCUT2D eigenvalue weighted by atomic mass is 32.2. The Morgan fingerprint density at radius 3 is 2.64 bits per heavy atom. The van der Waals surface area contributed by atoms with Gasteiger partial charge in [0.25, 0.3) is 0 Å². The molecule has 1 aromatic carbocycles. The van der Waals surface area contributed by atoms with E-state index in [1.54, 1.807) is 39.0 Å². The SMILES string of the molecule is CCOC(=O)C1=C(C)NC(SCC)=N[C@@H]1c1ccc(OC)cc1OC. The van der Waals surface area contributed by atoms with Crippen molar-refractivity contribution < 1.29 is 19.0 Å². The summed E-state index contributed by atoms with van der Waals surface area (Å²) >= 11 is 1.59. The molecule has 1 atom stereocenters. The third-order valence-electron chi connectivity index (χ3n) is 3.73. The lowest BCUT2D eigenvalue weighted by atomic mass is 9.95. The average Bonchev–Trinajstić information content (AvgIpc) is 2.61. The fourth-order valence-corrected chi connectivity index (χ4v) is 3.28. The number of thioether (sulfide) groups is 1. The van der Waals surface area contributed by atoms with Gasteiger partial charge in [0.2, 0.25) is 0 Å². The highest BCUT2D eigenvalue weighted by molar-refractivity contribution is 8.13. The Balaban J connectivity index is 2.54. The number of ether oxygens (including phenoxy) is 3. The molecule has 7 heteroatoms. The van der Waals surface area contributed by atoms with Crippen LogP contribution >= 0.6 is 11.8 Å². The van der Waals surface area contributed by atoms with E-state index in [-0.39, 0.29) is 5.97 Å². The Morgan fingerprint density at radius 2 is 2.04 bits per heavy atom. The number of benzene rings is 1. The molecule has 0 bridgehead atoms. The monoisotopic (exact) mass is 364 g/mol. The minimum absolute atomic E-state index is 0.308. The van der Waals surface area contributed by atoms with E-state index in [4.69, 9.17) is 19.2 Å². The van der Waals surface area contributed by atoms with Gasteiger partial charge in [-0.3, -0.25) is 0 Å². The molecule has 0 saturated carbocycles. The van der Waals surface area contributed by atoms with Crippen molar-refractivity contribution in [3.8, 4) is 11.5 Å². The van der Waals surface area contributed by atoms with Crippen molar-refractivity contribution in [1.82, 2.24) is 5.32 Å². The molecular weight excluding hydrogens is 340 g/mol. The lowest BCUT2D eigenvalue weighted by Gasteiger charge is -2.26. The molecular formula is C18H24N2O4S. The molecule has 25 heavy (non-hydrogen) atoms. The van der Waals surface area contributed by atoms with Crippen LogP contribution in [0.3, 0.4) is 0 Å². The molecule has 0 radical (unpaired) electrons. The third-order valence-corrected chi connectivity index (χ3v) is 4.50. The number of hydrogen-bond acceptors (Lipinski definition) is 7. The summed E-state index contributed by atoms with van der Waals surface area (Å²) in [4.78, 5) is 17.2. The number of carbonyl (C=O) groups is 1. The highest BCUT2D eigenvalue weighted by Crippen LogP contribution is 2.39. The first kappa shape index (κ1) is 19.2. The van der Waals surface area contributed by atoms with Crippen molar-refractivity contribution in [2.45, 2.75) is 26.8 Å². The number of carbonyl (C=O) groups excluding carboxylic acids is 1. The number of nitrogens with one attached hydrogen (secondary N) is 1. The quantitative estimate of drug-likeness (QED) is 0.781. The molecule has 6 nitrogen and oxygen atoms in total. The summed E-state index contributed by atoms with van der Waals surface area (Å²) in [5.74, 6) is 1.80. The topological polar surface area (TPSA) is 69.2 Å². The van der Waals surface area contributed by atoms with Gasteiger partial charge in [-0.2, -0.15) is 0 Å². The zero-order valence-corrected chi connectivity index (χ0v) is 16.0. The van der Waals surface area contributed by atoms with E-state index >= 15 is 0 Å². The normalized spacial score (nSPS) is 16.8. The molecule has 1 aromatic rings. The molecule has 0 unspecified atom stereocenters. The van der Waals surface area contributed by atoms with Crippen LogP contribution in [0, 0.1) is 0 Å². The van der Waals surface area contributed by atoms with Gasteiger partial charge in [-0.25, -0.2) is 9.79 Å². The molecule has 0 amide bonds. The molecule has 136 valence electrons. The van der Waals surface area contributed by atoms with Crippen molar-refractivity contribution >= 4 is 22.9 Å². The van der Waals surface area contributed by atoms with E-state index in [2.05, 4.69) is 12.2 Å². The molecule has 1 heterocycles. The Labute approximate surface area is 152 Å². The van der Waals surface area contributed by atoms with Crippen LogP contribution in [-0.2, 0) is 9.53 Å². The number of rotatable bonds is 6. The second kappa shape index (κ2) is 8.80. The summed E-state index contributed by atoms with van der Waals surface area (Å²) in [5, 5.41) is 3.97. The van der Waals surface area contributed by atoms with Crippen LogP contribution in [-0.4, -0.2) is 37.7 Å². The minimum Gasteiger partial charge on any atom is -0.497 e. The number of allylic oxidation sites excluding steroid dienone is 1. The van der Waals surface area contributed by atoms with Gasteiger partial charge in [0.1, 0.15) is 17.5 Å². The van der Waals surface area contributed by atoms with Crippen molar-refractivity contribution in [3.63, 3.8) is 0 Å². The van der Waals surface area contributed by atoms with Gasteiger partial charge >= 0.3 is 5.97 Å². The van der Waals surface area contributed by atoms with Crippen LogP contribution in [0.5, 0.6) is 11.5 Å². The van der Waals surface area contributed by atoms with Crippen LogP contribution in [0.1, 0.15) is 32.4 Å². The van der Waals surface area contributed by atoms with E-state index in [0.29, 0.717) is 23.7 Å².